The average molecular weight is 352 g/mol. The summed E-state index contributed by atoms with van der Waals surface area (Å²) in [6.07, 6.45) is 6.57. The fourth-order valence-electron chi connectivity index (χ4n) is 2.54. The third-order valence-electron chi connectivity index (χ3n) is 3.79. The monoisotopic (exact) mass is 352 g/mol. The third-order valence-corrected chi connectivity index (χ3v) is 4.60. The van der Waals surface area contributed by atoms with Gasteiger partial charge in [0.2, 0.25) is 0 Å². The Labute approximate surface area is 146 Å². The van der Waals surface area contributed by atoms with E-state index in [0.29, 0.717) is 22.1 Å². The zero-order valence-corrected chi connectivity index (χ0v) is 13.9. The molecule has 0 aromatic carbocycles. The Morgan fingerprint density at radius 2 is 2.08 bits per heavy atom. The number of thioether (sulfide) groups is 1. The predicted octanol–water partition coefficient (Wildman–Crippen LogP) is 3.10. The highest BCUT2D eigenvalue weighted by atomic mass is 32.2. The van der Waals surface area contributed by atoms with E-state index in [2.05, 4.69) is 15.3 Å². The van der Waals surface area contributed by atoms with Gasteiger partial charge in [0.1, 0.15) is 17.2 Å². The van der Waals surface area contributed by atoms with Crippen LogP contribution < -0.4 is 11.1 Å². The molecule has 4 heterocycles. The summed E-state index contributed by atoms with van der Waals surface area (Å²) in [5.74, 6) is 0.520. The van der Waals surface area contributed by atoms with Crippen LogP contribution in [0.3, 0.4) is 0 Å². The highest BCUT2D eigenvalue weighted by Crippen LogP contribution is 2.33. The SMILES string of the molecule is Cc1cc(-c2cncc3cc(/C=C4\SC(=O)NC4=O)oc23)cnc1N. The van der Waals surface area contributed by atoms with Crippen LogP contribution in [0.5, 0.6) is 0 Å². The number of aryl methyl sites for hydroxylation is 1. The molecule has 1 fully saturated rings. The molecule has 0 bridgehead atoms. The minimum absolute atomic E-state index is 0.295. The largest absolute Gasteiger partial charge is 0.456 e. The maximum absolute atomic E-state index is 11.7. The number of rotatable bonds is 2. The summed E-state index contributed by atoms with van der Waals surface area (Å²) in [6, 6.07) is 3.69. The number of imide groups is 1. The van der Waals surface area contributed by atoms with Crippen LogP contribution in [0.1, 0.15) is 11.3 Å². The quantitative estimate of drug-likeness (QED) is 0.682. The lowest BCUT2D eigenvalue weighted by atomic mass is 10.1. The summed E-state index contributed by atoms with van der Waals surface area (Å²) in [7, 11) is 0. The first-order valence-electron chi connectivity index (χ1n) is 7.36. The van der Waals surface area contributed by atoms with Crippen LogP contribution in [0.4, 0.5) is 10.6 Å². The second-order valence-corrected chi connectivity index (χ2v) is 6.55. The van der Waals surface area contributed by atoms with Gasteiger partial charge in [-0.3, -0.25) is 19.9 Å². The summed E-state index contributed by atoms with van der Waals surface area (Å²) in [5.41, 5.74) is 8.87. The van der Waals surface area contributed by atoms with E-state index in [1.807, 2.05) is 13.0 Å². The Morgan fingerprint density at radius 3 is 2.80 bits per heavy atom. The van der Waals surface area contributed by atoms with E-state index in [4.69, 9.17) is 10.2 Å². The van der Waals surface area contributed by atoms with Crippen molar-refractivity contribution in [1.82, 2.24) is 15.3 Å². The number of nitrogens with one attached hydrogen (secondary N) is 1. The van der Waals surface area contributed by atoms with Crippen LogP contribution in [-0.4, -0.2) is 21.1 Å². The van der Waals surface area contributed by atoms with E-state index < -0.39 is 11.1 Å². The predicted molar refractivity (Wildman–Crippen MR) is 95.5 cm³/mol. The van der Waals surface area contributed by atoms with Gasteiger partial charge in [-0.25, -0.2) is 4.98 Å². The van der Waals surface area contributed by atoms with Crippen LogP contribution >= 0.6 is 11.8 Å². The Kier molecular flexibility index (Phi) is 3.54. The van der Waals surface area contributed by atoms with Crippen molar-refractivity contribution < 1.29 is 14.0 Å². The molecule has 0 unspecified atom stereocenters. The number of carbonyl (C=O) groups excluding carboxylic acids is 2. The van der Waals surface area contributed by atoms with Crippen molar-refractivity contribution in [3.8, 4) is 11.1 Å². The van der Waals surface area contributed by atoms with E-state index in [1.165, 1.54) is 0 Å². The molecule has 2 amide bonds. The van der Waals surface area contributed by atoms with Gasteiger partial charge in [-0.15, -0.1) is 0 Å². The summed E-state index contributed by atoms with van der Waals surface area (Å²) in [5, 5.41) is 2.61. The van der Waals surface area contributed by atoms with Crippen LogP contribution in [-0.2, 0) is 4.79 Å². The van der Waals surface area contributed by atoms with Gasteiger partial charge in [-0.05, 0) is 36.4 Å². The number of furan rings is 1. The van der Waals surface area contributed by atoms with Gasteiger partial charge in [-0.1, -0.05) is 0 Å². The number of nitrogen functional groups attached to an aromatic ring is 1. The molecule has 0 spiro atoms. The lowest BCUT2D eigenvalue weighted by Gasteiger charge is -2.04. The summed E-state index contributed by atoms with van der Waals surface area (Å²) in [6.45, 7) is 1.88. The molecular weight excluding hydrogens is 340 g/mol. The van der Waals surface area contributed by atoms with Gasteiger partial charge in [0.15, 0.2) is 0 Å². The van der Waals surface area contributed by atoms with E-state index in [1.54, 1.807) is 30.7 Å². The van der Waals surface area contributed by atoms with Crippen LogP contribution in [0.25, 0.3) is 28.2 Å². The normalized spacial score (nSPS) is 16.0. The van der Waals surface area contributed by atoms with Gasteiger partial charge < -0.3 is 10.2 Å². The zero-order chi connectivity index (χ0) is 17.6. The molecule has 0 saturated carbocycles. The number of hydrogen-bond donors (Lipinski definition) is 2. The number of nitrogens with zero attached hydrogens (tertiary/aromatic N) is 2. The molecule has 0 aliphatic carbocycles. The standard InChI is InChI=1S/C17H12N4O3S/c1-8-2-9(6-20-15(8)18)12-7-19-5-10-3-11(24-14(10)12)4-13-16(22)21-17(23)25-13/h2-7H,1H3,(H2,18,20)(H,21,22,23)/b13-4-. The van der Waals surface area contributed by atoms with E-state index in [-0.39, 0.29) is 0 Å². The first-order valence-corrected chi connectivity index (χ1v) is 8.18. The van der Waals surface area contributed by atoms with Crippen molar-refractivity contribution >= 4 is 45.8 Å². The van der Waals surface area contributed by atoms with E-state index in [9.17, 15) is 9.59 Å². The third kappa shape index (κ3) is 2.76. The molecule has 3 aromatic rings. The summed E-state index contributed by atoms with van der Waals surface area (Å²) >= 11 is 0.845. The lowest BCUT2D eigenvalue weighted by Crippen LogP contribution is -2.17. The Morgan fingerprint density at radius 1 is 1.24 bits per heavy atom. The molecule has 8 heteroatoms. The molecule has 25 heavy (non-hydrogen) atoms. The van der Waals surface area contributed by atoms with E-state index >= 15 is 0 Å². The van der Waals surface area contributed by atoms with Gasteiger partial charge >= 0.3 is 0 Å². The minimum atomic E-state index is -0.424. The molecule has 3 aromatic heterocycles. The first-order chi connectivity index (χ1) is 12.0. The van der Waals surface area contributed by atoms with Crippen molar-refractivity contribution in [3.05, 3.63) is 47.0 Å². The fourth-order valence-corrected chi connectivity index (χ4v) is 3.20. The van der Waals surface area contributed by atoms with Gasteiger partial charge in [0, 0.05) is 41.2 Å². The number of amides is 2. The zero-order valence-electron chi connectivity index (χ0n) is 13.1. The number of anilines is 1. The second kappa shape index (κ2) is 5.75. The maximum Gasteiger partial charge on any atom is 0.290 e. The maximum atomic E-state index is 11.7. The molecule has 4 rings (SSSR count). The van der Waals surface area contributed by atoms with Crippen LogP contribution in [0.2, 0.25) is 0 Å². The second-order valence-electron chi connectivity index (χ2n) is 5.53. The number of fused-ring (bicyclic) bond motifs is 1. The Bertz CT molecular complexity index is 1070. The van der Waals surface area contributed by atoms with Gasteiger partial charge in [-0.2, -0.15) is 0 Å². The molecule has 0 radical (unpaired) electrons. The lowest BCUT2D eigenvalue weighted by molar-refractivity contribution is -0.115. The molecule has 1 aliphatic rings. The average Bonchev–Trinajstić information content (AvgIpc) is 3.12. The van der Waals surface area contributed by atoms with Crippen molar-refractivity contribution in [3.63, 3.8) is 0 Å². The molecule has 7 nitrogen and oxygen atoms in total. The van der Waals surface area contributed by atoms with Crippen molar-refractivity contribution in [1.29, 1.82) is 0 Å². The van der Waals surface area contributed by atoms with Crippen molar-refractivity contribution in [2.24, 2.45) is 0 Å². The molecular formula is C17H12N4O3S. The van der Waals surface area contributed by atoms with Crippen LogP contribution in [0.15, 0.2) is 40.0 Å². The number of aromatic nitrogens is 2. The Hall–Kier alpha value is -3.13. The highest BCUT2D eigenvalue weighted by Gasteiger charge is 2.25. The molecule has 124 valence electrons. The fraction of sp³-hybridized carbons (Fsp3) is 0.0588. The highest BCUT2D eigenvalue weighted by molar-refractivity contribution is 8.18. The number of nitrogens with two attached hydrogens (primary N) is 1. The smallest absolute Gasteiger partial charge is 0.290 e. The number of carbonyl (C=O) groups is 2. The summed E-state index contributed by atoms with van der Waals surface area (Å²) < 4.78 is 5.89. The number of hydrogen-bond acceptors (Lipinski definition) is 7. The van der Waals surface area contributed by atoms with Crippen LogP contribution in [0, 0.1) is 6.92 Å². The van der Waals surface area contributed by atoms with Crippen molar-refractivity contribution in [2.45, 2.75) is 6.92 Å². The molecule has 3 N–H and O–H groups in total. The molecule has 1 saturated heterocycles. The van der Waals surface area contributed by atoms with Crippen molar-refractivity contribution in [2.75, 3.05) is 5.73 Å². The summed E-state index contributed by atoms with van der Waals surface area (Å²) in [4.78, 5) is 31.6. The number of pyridine rings is 2. The minimum Gasteiger partial charge on any atom is -0.456 e. The molecule has 0 atom stereocenters. The van der Waals surface area contributed by atoms with Gasteiger partial charge in [0.25, 0.3) is 11.1 Å². The Balaban J connectivity index is 1.81. The first kappa shape index (κ1) is 15.4. The van der Waals surface area contributed by atoms with E-state index in [0.717, 1.165) is 33.8 Å². The topological polar surface area (TPSA) is 111 Å². The van der Waals surface area contributed by atoms with Gasteiger partial charge in [0.05, 0.1) is 4.91 Å². The molecule has 1 aliphatic heterocycles.